The second-order valence-corrected chi connectivity index (χ2v) is 19.5. The van der Waals surface area contributed by atoms with Gasteiger partial charge in [0, 0.05) is 55.4 Å². The SMILES string of the molecule is NCCCC[C@H]1NC(=O)C(Cc2c[nH]c3ccccc23)NC(=O)[C@@H](c2ccccc2)NC(=O)[C@@H]2CC(OC(=O)NCCN)CN2C(=O)[C@@H](Cc2ccccc2)CC(=O)[C@@H](Cc2ccc(OCc3ccccc3)cc2)NC1=O. The summed E-state index contributed by atoms with van der Waals surface area (Å²) in [4.78, 5) is 108. The monoisotopic (exact) mass is 1050 g/mol. The first-order valence-corrected chi connectivity index (χ1v) is 26.2. The molecule has 1 aromatic heterocycles. The van der Waals surface area contributed by atoms with Crippen molar-refractivity contribution in [2.75, 3.05) is 26.2 Å². The summed E-state index contributed by atoms with van der Waals surface area (Å²) in [5.41, 5.74) is 15.8. The second-order valence-electron chi connectivity index (χ2n) is 19.5. The largest absolute Gasteiger partial charge is 0.489 e. The fourth-order valence-electron chi connectivity index (χ4n) is 9.93. The Bertz CT molecular complexity index is 2960. The molecule has 0 aliphatic carbocycles. The van der Waals surface area contributed by atoms with Crippen molar-refractivity contribution in [1.29, 1.82) is 0 Å². The number of aromatic nitrogens is 1. The lowest BCUT2D eigenvalue weighted by Crippen LogP contribution is -2.58. The number of hydrogen-bond acceptors (Lipinski definition) is 11. The summed E-state index contributed by atoms with van der Waals surface area (Å²) in [6.07, 6.45) is 0.583. The van der Waals surface area contributed by atoms with Crippen molar-refractivity contribution >= 4 is 52.3 Å². The lowest BCUT2D eigenvalue weighted by atomic mass is 9.89. The number of nitrogens with two attached hydrogens (primary N) is 2. The quantitative estimate of drug-likeness (QED) is 0.0591. The molecule has 10 N–H and O–H groups in total. The summed E-state index contributed by atoms with van der Waals surface area (Å²) in [6, 6.07) is 35.5. The van der Waals surface area contributed by atoms with Crippen LogP contribution in [0.5, 0.6) is 5.75 Å². The van der Waals surface area contributed by atoms with Crippen LogP contribution < -0.4 is 42.8 Å². The van der Waals surface area contributed by atoms with E-state index >= 15 is 9.59 Å². The first kappa shape index (κ1) is 54.9. The van der Waals surface area contributed by atoms with Crippen molar-refractivity contribution in [2.24, 2.45) is 17.4 Å². The van der Waals surface area contributed by atoms with E-state index in [1.807, 2.05) is 84.9 Å². The Kier molecular flexibility index (Phi) is 19.2. The Morgan fingerprint density at radius 1 is 0.623 bits per heavy atom. The zero-order valence-electron chi connectivity index (χ0n) is 42.9. The molecule has 2 aliphatic heterocycles. The molecule has 6 aromatic rings. The van der Waals surface area contributed by atoms with E-state index in [9.17, 15) is 24.0 Å². The molecule has 7 atom stereocenters. The molecule has 8 rings (SSSR count). The van der Waals surface area contributed by atoms with Gasteiger partial charge in [-0.25, -0.2) is 4.79 Å². The number of nitrogens with one attached hydrogen (secondary N) is 6. The molecule has 2 saturated heterocycles. The molecule has 5 aromatic carbocycles. The van der Waals surface area contributed by atoms with Crippen LogP contribution in [-0.4, -0.2) is 108 Å². The smallest absolute Gasteiger partial charge is 0.407 e. The van der Waals surface area contributed by atoms with Crippen molar-refractivity contribution in [3.63, 3.8) is 0 Å². The van der Waals surface area contributed by atoms with E-state index in [2.05, 4.69) is 31.6 Å². The molecular formula is C59H67N9O9. The van der Waals surface area contributed by atoms with Gasteiger partial charge in [-0.1, -0.05) is 121 Å². The Labute approximate surface area is 447 Å². The van der Waals surface area contributed by atoms with Crippen LogP contribution in [0.4, 0.5) is 4.79 Å². The first-order valence-electron chi connectivity index (χ1n) is 26.2. The number of alkyl carbamates (subject to hydrolysis) is 1. The van der Waals surface area contributed by atoms with Gasteiger partial charge in [0.2, 0.25) is 29.5 Å². The van der Waals surface area contributed by atoms with Gasteiger partial charge in [-0.2, -0.15) is 0 Å². The summed E-state index contributed by atoms with van der Waals surface area (Å²) in [7, 11) is 0. The Hall–Kier alpha value is -8.35. The van der Waals surface area contributed by atoms with Gasteiger partial charge in [0.05, 0.1) is 12.6 Å². The molecule has 0 radical (unpaired) electrons. The average Bonchev–Trinajstić information content (AvgIpc) is 4.08. The number of aromatic amines is 1. The van der Waals surface area contributed by atoms with E-state index in [4.69, 9.17) is 20.9 Å². The Morgan fingerprint density at radius 2 is 1.26 bits per heavy atom. The number of ether oxygens (including phenoxy) is 2. The topological polar surface area (TPSA) is 269 Å². The molecule has 0 bridgehead atoms. The van der Waals surface area contributed by atoms with Crippen molar-refractivity contribution < 1.29 is 43.0 Å². The van der Waals surface area contributed by atoms with Gasteiger partial charge < -0.3 is 57.4 Å². The maximum absolute atomic E-state index is 15.4. The number of fused-ring (bicyclic) bond motifs is 2. The molecule has 402 valence electrons. The van der Waals surface area contributed by atoms with Gasteiger partial charge in [0.15, 0.2) is 5.78 Å². The van der Waals surface area contributed by atoms with Crippen LogP contribution >= 0.6 is 0 Å². The van der Waals surface area contributed by atoms with Crippen LogP contribution in [0, 0.1) is 5.92 Å². The van der Waals surface area contributed by atoms with Gasteiger partial charge in [0.25, 0.3) is 0 Å². The first-order chi connectivity index (χ1) is 37.5. The predicted molar refractivity (Wildman–Crippen MR) is 290 cm³/mol. The third-order valence-electron chi connectivity index (χ3n) is 14.0. The highest BCUT2D eigenvalue weighted by molar-refractivity contribution is 5.99. The summed E-state index contributed by atoms with van der Waals surface area (Å²) in [6.45, 7) is 0.696. The molecule has 3 heterocycles. The number of H-pyrrole nitrogens is 1. The minimum absolute atomic E-state index is 0.00193. The molecule has 6 amide bonds. The van der Waals surface area contributed by atoms with Crippen LogP contribution in [0.2, 0.25) is 0 Å². The number of para-hydroxylation sites is 1. The van der Waals surface area contributed by atoms with Crippen molar-refractivity contribution in [2.45, 2.75) is 94.3 Å². The molecule has 77 heavy (non-hydrogen) atoms. The normalized spacial score (nSPS) is 21.7. The second kappa shape index (κ2) is 26.9. The highest BCUT2D eigenvalue weighted by Gasteiger charge is 2.45. The predicted octanol–water partition coefficient (Wildman–Crippen LogP) is 4.46. The van der Waals surface area contributed by atoms with Crippen molar-refractivity contribution in [3.8, 4) is 5.75 Å². The molecule has 18 heteroatoms. The van der Waals surface area contributed by atoms with Gasteiger partial charge >= 0.3 is 6.09 Å². The standard InChI is InChI=1S/C59H67N9O9/c60-27-13-12-22-48-54(70)65-49(31-39-23-25-44(26-24-39)76-37-40-16-6-2-7-17-40)52(69)33-42(30-38-14-4-1-5-15-38)58(74)68-36-45(77-59(75)62-29-28-61)34-51(68)56(72)67-53(41-18-8-3-9-19-41)57(73)66-50(55(71)64-48)32-43-35-63-47-21-11-10-20-46(43)47/h1-11,14-21,23-26,35,42,45,48-51,53,63H,12-13,22,27-34,36-37,60-61H2,(H,62,75)(H,64,71)(H,65,70)(H,66,73)(H,67,72)/t42-,45?,48+,49+,50?,51-,53+/m0/s1. The van der Waals surface area contributed by atoms with Crippen molar-refractivity contribution in [1.82, 2.24) is 36.5 Å². The maximum Gasteiger partial charge on any atom is 0.407 e. The maximum atomic E-state index is 15.4. The molecule has 0 saturated carbocycles. The van der Waals surface area contributed by atoms with Crippen LogP contribution in [0.25, 0.3) is 10.9 Å². The summed E-state index contributed by atoms with van der Waals surface area (Å²) in [5, 5.41) is 15.1. The van der Waals surface area contributed by atoms with Gasteiger partial charge in [-0.05, 0) is 84.7 Å². The summed E-state index contributed by atoms with van der Waals surface area (Å²) >= 11 is 0. The third-order valence-corrected chi connectivity index (χ3v) is 14.0. The van der Waals surface area contributed by atoms with Gasteiger partial charge in [0.1, 0.15) is 42.6 Å². The van der Waals surface area contributed by atoms with Gasteiger partial charge in [-0.15, -0.1) is 0 Å². The number of ketones is 1. The number of rotatable bonds is 17. The molecule has 2 fully saturated rings. The summed E-state index contributed by atoms with van der Waals surface area (Å²) < 4.78 is 11.8. The Morgan fingerprint density at radius 3 is 1.97 bits per heavy atom. The molecule has 0 spiro atoms. The summed E-state index contributed by atoms with van der Waals surface area (Å²) in [5.74, 6) is -4.38. The Balaban J connectivity index is 1.19. The molecule has 2 aliphatic rings. The average molecular weight is 1050 g/mol. The lowest BCUT2D eigenvalue weighted by molar-refractivity contribution is -0.144. The third kappa shape index (κ3) is 15.0. The van der Waals surface area contributed by atoms with Crippen LogP contribution in [-0.2, 0) is 59.4 Å². The minimum Gasteiger partial charge on any atom is -0.489 e. The number of benzene rings is 5. The number of Topliss-reactive ketones (excluding diaryl/α,β-unsaturated/α-hetero) is 1. The highest BCUT2D eigenvalue weighted by atomic mass is 16.6. The minimum atomic E-state index is -1.40. The van der Waals surface area contributed by atoms with Crippen LogP contribution in [0.3, 0.4) is 0 Å². The molecule has 18 nitrogen and oxygen atoms in total. The molecular weight excluding hydrogens is 979 g/mol. The van der Waals surface area contributed by atoms with E-state index in [0.29, 0.717) is 48.4 Å². The van der Waals surface area contributed by atoms with E-state index in [1.54, 1.807) is 60.8 Å². The van der Waals surface area contributed by atoms with E-state index in [-0.39, 0.29) is 58.2 Å². The fraction of sp³-hybridized carbons (Fsp3) is 0.339. The van der Waals surface area contributed by atoms with Crippen LogP contribution in [0.15, 0.2) is 146 Å². The zero-order chi connectivity index (χ0) is 54.1. The van der Waals surface area contributed by atoms with E-state index in [0.717, 1.165) is 22.0 Å². The van der Waals surface area contributed by atoms with Crippen molar-refractivity contribution in [3.05, 3.63) is 174 Å². The zero-order valence-corrected chi connectivity index (χ0v) is 42.9. The number of carbonyl (C=O) groups excluding carboxylic acids is 7. The number of nitrogens with zero attached hydrogens (tertiary/aromatic N) is 1. The highest BCUT2D eigenvalue weighted by Crippen LogP contribution is 2.29. The van der Waals surface area contributed by atoms with E-state index < -0.39 is 83.6 Å². The fourth-order valence-corrected chi connectivity index (χ4v) is 9.93. The van der Waals surface area contributed by atoms with Crippen LogP contribution in [0.1, 0.15) is 66.0 Å². The lowest BCUT2D eigenvalue weighted by Gasteiger charge is -2.31. The van der Waals surface area contributed by atoms with E-state index in [1.165, 1.54) is 4.90 Å². The number of unbranched alkanes of at least 4 members (excludes halogenated alkanes) is 1. The number of amides is 6. The number of hydrogen-bond donors (Lipinski definition) is 8. The number of carbonyl (C=O) groups is 7. The van der Waals surface area contributed by atoms with Gasteiger partial charge in [-0.3, -0.25) is 28.8 Å². The molecule has 2 unspecified atom stereocenters.